The molecule has 0 aliphatic heterocycles. The van der Waals surface area contributed by atoms with E-state index in [0.29, 0.717) is 12.5 Å². The van der Waals surface area contributed by atoms with E-state index < -0.39 is 5.82 Å². The Bertz CT molecular complexity index is 1080. The Hall–Kier alpha value is -2.36. The van der Waals surface area contributed by atoms with Crippen LogP contribution in [0.5, 0.6) is 0 Å². The van der Waals surface area contributed by atoms with Crippen LogP contribution in [-0.2, 0) is 0 Å². The number of hydrogen-bond donors (Lipinski definition) is 1. The Labute approximate surface area is 178 Å². The molecule has 3 aromatic carbocycles. The highest BCUT2D eigenvalue weighted by atomic mass is 35.5. The summed E-state index contributed by atoms with van der Waals surface area (Å²) in [5.41, 5.74) is 5.58. The van der Waals surface area contributed by atoms with E-state index in [2.05, 4.69) is 53.8 Å². The van der Waals surface area contributed by atoms with Crippen molar-refractivity contribution >= 4 is 29.1 Å². The second-order valence-electron chi connectivity index (χ2n) is 7.74. The number of carbonyl (C=O) groups is 1. The summed E-state index contributed by atoms with van der Waals surface area (Å²) in [7, 11) is 0. The van der Waals surface area contributed by atoms with Gasteiger partial charge in [-0.25, -0.2) is 4.39 Å². The number of hydrogen-bond acceptors (Lipinski definition) is 1. The highest BCUT2D eigenvalue weighted by Crippen LogP contribution is 2.55. The summed E-state index contributed by atoms with van der Waals surface area (Å²) in [6, 6.07) is 19.5. The zero-order valence-corrected chi connectivity index (χ0v) is 17.0. The second-order valence-corrected chi connectivity index (χ2v) is 8.55. The average molecular weight is 426 g/mol. The van der Waals surface area contributed by atoms with Crippen molar-refractivity contribution in [1.29, 1.82) is 0 Å². The quantitative estimate of drug-likeness (QED) is 0.500. The van der Waals surface area contributed by atoms with Crippen LogP contribution in [0.2, 0.25) is 10.0 Å². The fourth-order valence-corrected chi connectivity index (χ4v) is 5.44. The predicted octanol–water partition coefficient (Wildman–Crippen LogP) is 6.16. The van der Waals surface area contributed by atoms with Crippen molar-refractivity contribution in [3.63, 3.8) is 0 Å². The summed E-state index contributed by atoms with van der Waals surface area (Å²) in [5.74, 6) is -0.185. The third kappa shape index (κ3) is 3.04. The third-order valence-corrected chi connectivity index (χ3v) is 6.80. The molecule has 6 rings (SSSR count). The fraction of sp³-hybridized carbons (Fsp3) is 0.208. The monoisotopic (exact) mass is 425 g/mol. The normalized spacial score (nSPS) is 21.4. The molecule has 146 valence electrons. The van der Waals surface area contributed by atoms with Gasteiger partial charge in [0.15, 0.2) is 0 Å². The van der Waals surface area contributed by atoms with Crippen molar-refractivity contribution in [3.8, 4) is 0 Å². The molecule has 1 amide bonds. The molecule has 3 aliphatic carbocycles. The predicted molar refractivity (Wildman–Crippen MR) is 113 cm³/mol. The van der Waals surface area contributed by atoms with Crippen LogP contribution in [0.4, 0.5) is 4.39 Å². The second kappa shape index (κ2) is 7.16. The van der Waals surface area contributed by atoms with Crippen LogP contribution in [-0.4, -0.2) is 12.5 Å². The first-order chi connectivity index (χ1) is 14.0. The number of rotatable bonds is 3. The van der Waals surface area contributed by atoms with Gasteiger partial charge in [-0.05, 0) is 46.7 Å². The summed E-state index contributed by atoms with van der Waals surface area (Å²) < 4.78 is 13.8. The largest absolute Gasteiger partial charge is 0.352 e. The van der Waals surface area contributed by atoms with Crippen molar-refractivity contribution in [2.24, 2.45) is 5.92 Å². The molecular weight excluding hydrogens is 408 g/mol. The molecule has 0 saturated carbocycles. The van der Waals surface area contributed by atoms with E-state index in [1.54, 1.807) is 0 Å². The molecule has 2 nitrogen and oxygen atoms in total. The summed E-state index contributed by atoms with van der Waals surface area (Å²) in [6.45, 7) is 0.503. The Kier molecular flexibility index (Phi) is 4.60. The molecule has 3 aliphatic rings. The molecule has 2 bridgehead atoms. The van der Waals surface area contributed by atoms with Crippen LogP contribution < -0.4 is 5.32 Å². The van der Waals surface area contributed by atoms with Gasteiger partial charge in [0.25, 0.3) is 5.91 Å². The topological polar surface area (TPSA) is 29.1 Å². The highest BCUT2D eigenvalue weighted by molar-refractivity contribution is 6.36. The Balaban J connectivity index is 1.42. The van der Waals surface area contributed by atoms with Crippen LogP contribution >= 0.6 is 23.2 Å². The molecular formula is C24H18Cl2FNO. The number of carbonyl (C=O) groups excluding carboxylic acids is 1. The van der Waals surface area contributed by atoms with Gasteiger partial charge in [-0.1, -0.05) is 71.7 Å². The van der Waals surface area contributed by atoms with Crippen LogP contribution in [0.3, 0.4) is 0 Å². The van der Waals surface area contributed by atoms with Gasteiger partial charge in [-0.15, -0.1) is 0 Å². The lowest BCUT2D eigenvalue weighted by Gasteiger charge is -2.45. The minimum atomic E-state index is -0.652. The molecule has 29 heavy (non-hydrogen) atoms. The van der Waals surface area contributed by atoms with Crippen molar-refractivity contribution in [3.05, 3.63) is 104 Å². The maximum absolute atomic E-state index is 13.8. The van der Waals surface area contributed by atoms with Gasteiger partial charge in [-0.3, -0.25) is 4.79 Å². The van der Waals surface area contributed by atoms with Gasteiger partial charge in [0.1, 0.15) is 5.82 Å². The maximum atomic E-state index is 13.8. The molecule has 0 aromatic heterocycles. The van der Waals surface area contributed by atoms with Crippen molar-refractivity contribution in [2.75, 3.05) is 6.54 Å². The fourth-order valence-electron chi connectivity index (χ4n) is 4.98. The molecule has 1 N–H and O–H groups in total. The molecule has 5 heteroatoms. The minimum absolute atomic E-state index is 0.0932. The molecule has 0 heterocycles. The Morgan fingerprint density at radius 1 is 0.931 bits per heavy atom. The van der Waals surface area contributed by atoms with Crippen LogP contribution in [0.25, 0.3) is 0 Å². The summed E-state index contributed by atoms with van der Waals surface area (Å²) in [4.78, 5) is 12.7. The minimum Gasteiger partial charge on any atom is -0.352 e. The van der Waals surface area contributed by atoms with E-state index in [1.807, 2.05) is 0 Å². The average Bonchev–Trinajstić information content (AvgIpc) is 2.74. The van der Waals surface area contributed by atoms with E-state index in [9.17, 15) is 9.18 Å². The van der Waals surface area contributed by atoms with Gasteiger partial charge in [0.2, 0.25) is 0 Å². The SMILES string of the molecule is O=C(NCC1CC2c3ccccc3C1c1ccccc12)c1cc(F)c(Cl)cc1Cl. The van der Waals surface area contributed by atoms with Crippen LogP contribution in [0.1, 0.15) is 50.9 Å². The lowest BCUT2D eigenvalue weighted by Crippen LogP contribution is -2.39. The molecule has 0 saturated heterocycles. The van der Waals surface area contributed by atoms with Crippen LogP contribution in [0.15, 0.2) is 60.7 Å². The lowest BCUT2D eigenvalue weighted by atomic mass is 9.59. The van der Waals surface area contributed by atoms with E-state index in [0.717, 1.165) is 12.5 Å². The summed E-state index contributed by atoms with van der Waals surface area (Å²) >= 11 is 11.8. The van der Waals surface area contributed by atoms with Crippen molar-refractivity contribution in [1.82, 2.24) is 5.32 Å². The lowest BCUT2D eigenvalue weighted by molar-refractivity contribution is 0.0942. The Morgan fingerprint density at radius 2 is 1.52 bits per heavy atom. The van der Waals surface area contributed by atoms with E-state index in [4.69, 9.17) is 23.2 Å². The van der Waals surface area contributed by atoms with Gasteiger partial charge < -0.3 is 5.32 Å². The summed E-state index contributed by atoms with van der Waals surface area (Å²) in [6.07, 6.45) is 0.974. The zero-order chi connectivity index (χ0) is 20.1. The van der Waals surface area contributed by atoms with Gasteiger partial charge >= 0.3 is 0 Å². The molecule has 3 aromatic rings. The van der Waals surface area contributed by atoms with Gasteiger partial charge in [0, 0.05) is 18.4 Å². The number of halogens is 3. The first-order valence-corrected chi connectivity index (χ1v) is 10.4. The first kappa shape index (κ1) is 18.7. The zero-order valence-electron chi connectivity index (χ0n) is 15.5. The van der Waals surface area contributed by atoms with Crippen molar-refractivity contribution < 1.29 is 9.18 Å². The molecule has 0 radical (unpaired) electrons. The molecule has 1 unspecified atom stereocenters. The van der Waals surface area contributed by atoms with Crippen LogP contribution in [0, 0.1) is 11.7 Å². The van der Waals surface area contributed by atoms with E-state index >= 15 is 0 Å². The maximum Gasteiger partial charge on any atom is 0.252 e. The molecule has 1 atom stereocenters. The standard InChI is InChI=1S/C24H18Cl2FNO/c25-20-11-21(26)22(27)10-19(20)24(29)28-12-13-9-18-14-5-1-3-7-16(14)23(13)17-8-4-2-6-15(17)18/h1-8,10-11,13,18,23H,9,12H2,(H,28,29). The smallest absolute Gasteiger partial charge is 0.252 e. The summed E-state index contributed by atoms with van der Waals surface area (Å²) in [5, 5.41) is 3.02. The van der Waals surface area contributed by atoms with E-state index in [1.165, 1.54) is 28.3 Å². The molecule has 0 fully saturated rings. The number of fused-ring (bicyclic) bond motifs is 1. The van der Waals surface area contributed by atoms with E-state index in [-0.39, 0.29) is 33.4 Å². The number of nitrogens with one attached hydrogen (secondary N) is 1. The Morgan fingerprint density at radius 3 is 2.14 bits per heavy atom. The van der Waals surface area contributed by atoms with Crippen molar-refractivity contribution in [2.45, 2.75) is 18.3 Å². The molecule has 0 spiro atoms. The highest BCUT2D eigenvalue weighted by Gasteiger charge is 2.42. The number of benzene rings is 3. The third-order valence-electron chi connectivity index (χ3n) is 6.20. The number of amides is 1. The first-order valence-electron chi connectivity index (χ1n) is 9.65. The van der Waals surface area contributed by atoms with Gasteiger partial charge in [-0.2, -0.15) is 0 Å². The van der Waals surface area contributed by atoms with Gasteiger partial charge in [0.05, 0.1) is 15.6 Å².